The molecule has 1 N–H and O–H groups in total. The van der Waals surface area contributed by atoms with Crippen molar-refractivity contribution in [3.63, 3.8) is 0 Å². The van der Waals surface area contributed by atoms with Gasteiger partial charge in [-0.2, -0.15) is 0 Å². The molecule has 2 rings (SSSR count). The molecule has 1 aromatic rings. The highest BCUT2D eigenvalue weighted by atomic mass is 32.2. The zero-order chi connectivity index (χ0) is 16.0. The van der Waals surface area contributed by atoms with Crippen molar-refractivity contribution in [2.45, 2.75) is 13.0 Å². The van der Waals surface area contributed by atoms with E-state index in [0.717, 1.165) is 24.4 Å². The lowest BCUT2D eigenvalue weighted by atomic mass is 10.0. The van der Waals surface area contributed by atoms with Gasteiger partial charge < -0.3 is 9.47 Å². The minimum Gasteiger partial charge on any atom is -0.496 e. The van der Waals surface area contributed by atoms with Crippen LogP contribution in [0.4, 0.5) is 0 Å². The summed E-state index contributed by atoms with van der Waals surface area (Å²) in [5, 5.41) is 0. The number of methoxy groups -OCH3 is 1. The minimum atomic E-state index is -3.23. The van der Waals surface area contributed by atoms with Gasteiger partial charge in [0.2, 0.25) is 10.0 Å². The molecule has 0 radical (unpaired) electrons. The number of para-hydroxylation sites is 1. The molecule has 0 aromatic heterocycles. The summed E-state index contributed by atoms with van der Waals surface area (Å²) in [4.78, 5) is 2.24. The molecule has 0 amide bonds. The molecule has 0 bridgehead atoms. The predicted molar refractivity (Wildman–Crippen MR) is 85.6 cm³/mol. The van der Waals surface area contributed by atoms with Gasteiger partial charge >= 0.3 is 0 Å². The van der Waals surface area contributed by atoms with Gasteiger partial charge in [0, 0.05) is 25.2 Å². The Morgan fingerprint density at radius 2 is 2.00 bits per heavy atom. The van der Waals surface area contributed by atoms with Crippen LogP contribution < -0.4 is 9.46 Å². The maximum absolute atomic E-state index is 11.8. The lowest BCUT2D eigenvalue weighted by Gasteiger charge is -2.35. The summed E-state index contributed by atoms with van der Waals surface area (Å²) in [6.45, 7) is 4.83. The molecule has 0 spiro atoms. The molecule has 1 aromatic carbocycles. The van der Waals surface area contributed by atoms with Gasteiger partial charge in [-0.25, -0.2) is 13.1 Å². The molecule has 0 saturated carbocycles. The van der Waals surface area contributed by atoms with Crippen molar-refractivity contribution in [3.8, 4) is 5.75 Å². The van der Waals surface area contributed by atoms with E-state index in [2.05, 4.69) is 9.62 Å². The van der Waals surface area contributed by atoms with Crippen LogP contribution in [-0.4, -0.2) is 59.0 Å². The monoisotopic (exact) mass is 328 g/mol. The summed E-state index contributed by atoms with van der Waals surface area (Å²) in [5.74, 6) is 0.851. The number of nitrogens with one attached hydrogen (secondary N) is 1. The van der Waals surface area contributed by atoms with E-state index in [1.165, 1.54) is 0 Å². The average molecular weight is 328 g/mol. The molecule has 1 aliphatic rings. The topological polar surface area (TPSA) is 67.9 Å². The number of morpholine rings is 1. The lowest BCUT2D eigenvalue weighted by molar-refractivity contribution is 0.0167. The van der Waals surface area contributed by atoms with Crippen LogP contribution >= 0.6 is 0 Å². The van der Waals surface area contributed by atoms with Gasteiger partial charge in [-0.05, 0) is 13.0 Å². The minimum absolute atomic E-state index is 0.0682. The number of nitrogens with zero attached hydrogens (tertiary/aromatic N) is 1. The first-order valence-corrected chi connectivity index (χ1v) is 9.14. The number of hydrogen-bond acceptors (Lipinski definition) is 5. The van der Waals surface area contributed by atoms with E-state index in [0.29, 0.717) is 19.8 Å². The number of rotatable bonds is 7. The Morgan fingerprint density at radius 3 is 2.64 bits per heavy atom. The van der Waals surface area contributed by atoms with Crippen molar-refractivity contribution >= 4 is 10.0 Å². The summed E-state index contributed by atoms with van der Waals surface area (Å²) in [5.41, 5.74) is 0.991. The highest BCUT2D eigenvalue weighted by Crippen LogP contribution is 2.29. The van der Waals surface area contributed by atoms with Crippen molar-refractivity contribution in [1.29, 1.82) is 0 Å². The lowest BCUT2D eigenvalue weighted by Crippen LogP contribution is -2.44. The fourth-order valence-corrected chi connectivity index (χ4v) is 3.19. The maximum Gasteiger partial charge on any atom is 0.211 e. The number of ether oxygens (including phenoxy) is 2. The fourth-order valence-electron chi connectivity index (χ4n) is 2.57. The Labute approximate surface area is 132 Å². The largest absolute Gasteiger partial charge is 0.496 e. The van der Waals surface area contributed by atoms with E-state index in [1.54, 1.807) is 14.0 Å². The fraction of sp³-hybridized carbons (Fsp3) is 0.600. The second kappa shape index (κ2) is 7.92. The van der Waals surface area contributed by atoms with Crippen LogP contribution in [0.15, 0.2) is 24.3 Å². The van der Waals surface area contributed by atoms with Crippen LogP contribution in [-0.2, 0) is 14.8 Å². The second-order valence-electron chi connectivity index (χ2n) is 5.16. The Kier molecular flexibility index (Phi) is 6.19. The first-order chi connectivity index (χ1) is 10.6. The van der Waals surface area contributed by atoms with Crippen LogP contribution in [0, 0.1) is 0 Å². The van der Waals surface area contributed by atoms with Gasteiger partial charge in [-0.3, -0.25) is 4.90 Å². The molecule has 7 heteroatoms. The first-order valence-electron chi connectivity index (χ1n) is 7.49. The van der Waals surface area contributed by atoms with E-state index in [4.69, 9.17) is 9.47 Å². The van der Waals surface area contributed by atoms with E-state index in [-0.39, 0.29) is 11.8 Å². The van der Waals surface area contributed by atoms with E-state index in [1.807, 2.05) is 24.3 Å². The summed E-state index contributed by atoms with van der Waals surface area (Å²) >= 11 is 0. The smallest absolute Gasteiger partial charge is 0.211 e. The van der Waals surface area contributed by atoms with Gasteiger partial charge in [0.15, 0.2) is 0 Å². The molecule has 1 heterocycles. The normalized spacial score (nSPS) is 18.1. The van der Waals surface area contributed by atoms with Gasteiger partial charge in [0.1, 0.15) is 5.75 Å². The number of benzene rings is 1. The molecular formula is C15H24N2O4S. The summed E-state index contributed by atoms with van der Waals surface area (Å²) in [6, 6.07) is 7.67. The van der Waals surface area contributed by atoms with Crippen molar-refractivity contribution in [2.24, 2.45) is 0 Å². The van der Waals surface area contributed by atoms with Gasteiger partial charge in [0.25, 0.3) is 0 Å². The molecule has 6 nitrogen and oxygen atoms in total. The maximum atomic E-state index is 11.8. The highest BCUT2D eigenvalue weighted by Gasteiger charge is 2.26. The first kappa shape index (κ1) is 17.2. The van der Waals surface area contributed by atoms with Crippen molar-refractivity contribution < 1.29 is 17.9 Å². The quantitative estimate of drug-likeness (QED) is 0.809. The average Bonchev–Trinajstić information content (AvgIpc) is 2.56. The third-order valence-electron chi connectivity index (χ3n) is 3.86. The zero-order valence-corrected chi connectivity index (χ0v) is 13.9. The zero-order valence-electron chi connectivity index (χ0n) is 13.1. The third kappa shape index (κ3) is 4.42. The molecule has 1 unspecified atom stereocenters. The second-order valence-corrected chi connectivity index (χ2v) is 7.25. The Bertz CT molecular complexity index is 571. The SMILES string of the molecule is CCS(=O)(=O)NCC(c1ccccc1OC)N1CCOCC1. The van der Waals surface area contributed by atoms with Crippen LogP contribution in [0.1, 0.15) is 18.5 Å². The van der Waals surface area contributed by atoms with Crippen molar-refractivity contribution in [3.05, 3.63) is 29.8 Å². The van der Waals surface area contributed by atoms with E-state index >= 15 is 0 Å². The molecule has 1 aliphatic heterocycles. The van der Waals surface area contributed by atoms with Gasteiger partial charge in [0.05, 0.1) is 32.1 Å². The summed E-state index contributed by atoms with van der Waals surface area (Å²) in [6.07, 6.45) is 0. The Morgan fingerprint density at radius 1 is 1.32 bits per heavy atom. The van der Waals surface area contributed by atoms with Crippen molar-refractivity contribution in [2.75, 3.05) is 45.7 Å². The van der Waals surface area contributed by atoms with E-state index < -0.39 is 10.0 Å². The molecule has 22 heavy (non-hydrogen) atoms. The van der Waals surface area contributed by atoms with Crippen LogP contribution in [0.3, 0.4) is 0 Å². The standard InChI is InChI=1S/C15H24N2O4S/c1-3-22(18,19)16-12-14(17-8-10-21-11-9-17)13-6-4-5-7-15(13)20-2/h4-7,14,16H,3,8-12H2,1-2H3. The molecular weight excluding hydrogens is 304 g/mol. The van der Waals surface area contributed by atoms with Gasteiger partial charge in [-0.1, -0.05) is 18.2 Å². The molecule has 124 valence electrons. The van der Waals surface area contributed by atoms with Crippen LogP contribution in [0.2, 0.25) is 0 Å². The molecule has 0 aliphatic carbocycles. The van der Waals surface area contributed by atoms with Crippen LogP contribution in [0.25, 0.3) is 0 Å². The number of hydrogen-bond donors (Lipinski definition) is 1. The summed E-state index contributed by atoms with van der Waals surface area (Å²) < 4.78 is 37.1. The van der Waals surface area contributed by atoms with Crippen LogP contribution in [0.5, 0.6) is 5.75 Å². The Hall–Kier alpha value is -1.15. The Balaban J connectivity index is 2.24. The van der Waals surface area contributed by atoms with E-state index in [9.17, 15) is 8.42 Å². The molecule has 1 atom stereocenters. The molecule has 1 fully saturated rings. The van der Waals surface area contributed by atoms with Crippen molar-refractivity contribution in [1.82, 2.24) is 9.62 Å². The highest BCUT2D eigenvalue weighted by molar-refractivity contribution is 7.89. The summed E-state index contributed by atoms with van der Waals surface area (Å²) in [7, 11) is -1.60. The number of sulfonamides is 1. The van der Waals surface area contributed by atoms with Gasteiger partial charge in [-0.15, -0.1) is 0 Å². The third-order valence-corrected chi connectivity index (χ3v) is 5.23. The predicted octanol–water partition coefficient (Wildman–Crippen LogP) is 1.01. The molecule has 1 saturated heterocycles.